The molecule has 4 rings (SSSR count). The largest absolute Gasteiger partial charge is 0.478 e. The first kappa shape index (κ1) is 17.0. The van der Waals surface area contributed by atoms with Crippen molar-refractivity contribution in [3.63, 3.8) is 0 Å². The summed E-state index contributed by atoms with van der Waals surface area (Å²) in [6, 6.07) is 9.22. The zero-order chi connectivity index (χ0) is 18.6. The van der Waals surface area contributed by atoms with Crippen molar-refractivity contribution in [3.8, 4) is 17.0 Å². The van der Waals surface area contributed by atoms with Crippen LogP contribution in [0, 0.1) is 0 Å². The van der Waals surface area contributed by atoms with E-state index in [4.69, 9.17) is 4.74 Å². The van der Waals surface area contributed by atoms with E-state index in [2.05, 4.69) is 20.7 Å². The summed E-state index contributed by atoms with van der Waals surface area (Å²) in [5.74, 6) is 0.158. The van der Waals surface area contributed by atoms with Gasteiger partial charge in [-0.25, -0.2) is 4.52 Å². The van der Waals surface area contributed by atoms with Crippen molar-refractivity contribution < 1.29 is 14.3 Å². The molecule has 8 nitrogen and oxygen atoms in total. The van der Waals surface area contributed by atoms with Crippen molar-refractivity contribution in [1.29, 1.82) is 0 Å². The molecule has 0 spiro atoms. The number of hydrogen-bond donors (Lipinski definition) is 2. The number of ether oxygens (including phenoxy) is 1. The van der Waals surface area contributed by atoms with Crippen LogP contribution in [0.25, 0.3) is 16.8 Å². The average molecular weight is 365 g/mol. The van der Waals surface area contributed by atoms with Gasteiger partial charge in [0.1, 0.15) is 0 Å². The van der Waals surface area contributed by atoms with Crippen LogP contribution in [-0.2, 0) is 9.59 Å². The minimum Gasteiger partial charge on any atom is -0.478 e. The van der Waals surface area contributed by atoms with E-state index in [0.29, 0.717) is 36.8 Å². The Hall–Kier alpha value is -3.42. The topological polar surface area (TPSA) is 97.6 Å². The van der Waals surface area contributed by atoms with E-state index in [1.165, 1.54) is 0 Å². The predicted octanol–water partition coefficient (Wildman–Crippen LogP) is 2.01. The van der Waals surface area contributed by atoms with Crippen LogP contribution in [-0.4, -0.2) is 39.6 Å². The lowest BCUT2D eigenvalue weighted by molar-refractivity contribution is -0.124. The summed E-state index contributed by atoms with van der Waals surface area (Å²) >= 11 is 0. The molecule has 0 saturated heterocycles. The molecule has 2 amide bonds. The zero-order valence-corrected chi connectivity index (χ0v) is 14.6. The van der Waals surface area contributed by atoms with Gasteiger partial charge in [0, 0.05) is 42.9 Å². The SMILES string of the molecule is O=C1CCC(=O)Nc2cccc(c2)-c2cnn3ccc(nc23)OCCCN1. The smallest absolute Gasteiger partial charge is 0.224 e. The highest BCUT2D eigenvalue weighted by atomic mass is 16.5. The molecule has 0 aliphatic carbocycles. The molecule has 1 aliphatic rings. The molecule has 3 heterocycles. The second kappa shape index (κ2) is 7.45. The molecular weight excluding hydrogens is 346 g/mol. The third-order valence-corrected chi connectivity index (χ3v) is 4.27. The second-order valence-corrected chi connectivity index (χ2v) is 6.27. The number of benzene rings is 1. The Bertz CT molecular complexity index is 998. The van der Waals surface area contributed by atoms with Crippen molar-refractivity contribution >= 4 is 23.1 Å². The van der Waals surface area contributed by atoms with Crippen molar-refractivity contribution in [2.75, 3.05) is 18.5 Å². The fourth-order valence-corrected chi connectivity index (χ4v) is 2.92. The van der Waals surface area contributed by atoms with Crippen LogP contribution in [0.3, 0.4) is 0 Å². The first-order valence-electron chi connectivity index (χ1n) is 8.83. The molecule has 0 fully saturated rings. The number of hydrogen-bond acceptors (Lipinski definition) is 5. The number of nitrogens with zero attached hydrogens (tertiary/aromatic N) is 3. The van der Waals surface area contributed by atoms with Gasteiger partial charge in [-0.15, -0.1) is 0 Å². The lowest BCUT2D eigenvalue weighted by Crippen LogP contribution is -2.26. The van der Waals surface area contributed by atoms with Crippen LogP contribution < -0.4 is 15.4 Å². The highest BCUT2D eigenvalue weighted by molar-refractivity contribution is 5.94. The van der Waals surface area contributed by atoms with Crippen LogP contribution in [0.1, 0.15) is 19.3 Å². The van der Waals surface area contributed by atoms with Crippen LogP contribution in [0.2, 0.25) is 0 Å². The zero-order valence-electron chi connectivity index (χ0n) is 14.6. The molecule has 4 bridgehead atoms. The predicted molar refractivity (Wildman–Crippen MR) is 99.4 cm³/mol. The number of fused-ring (bicyclic) bond motifs is 4. The van der Waals surface area contributed by atoms with Crippen LogP contribution in [0.5, 0.6) is 5.88 Å². The van der Waals surface area contributed by atoms with Gasteiger partial charge in [0.25, 0.3) is 0 Å². The maximum atomic E-state index is 12.1. The summed E-state index contributed by atoms with van der Waals surface area (Å²) in [5, 5.41) is 9.96. The van der Waals surface area contributed by atoms with Gasteiger partial charge in [-0.1, -0.05) is 12.1 Å². The lowest BCUT2D eigenvalue weighted by atomic mass is 10.1. The fourth-order valence-electron chi connectivity index (χ4n) is 2.92. The quantitative estimate of drug-likeness (QED) is 0.635. The highest BCUT2D eigenvalue weighted by Crippen LogP contribution is 2.27. The third-order valence-electron chi connectivity index (χ3n) is 4.27. The molecule has 0 unspecified atom stereocenters. The molecule has 138 valence electrons. The Labute approximate surface area is 155 Å². The van der Waals surface area contributed by atoms with Crippen LogP contribution >= 0.6 is 0 Å². The number of carbonyl (C=O) groups excluding carboxylic acids is 2. The highest BCUT2D eigenvalue weighted by Gasteiger charge is 2.12. The van der Waals surface area contributed by atoms with E-state index in [-0.39, 0.29) is 24.7 Å². The molecule has 8 heteroatoms. The van der Waals surface area contributed by atoms with E-state index in [1.54, 1.807) is 23.0 Å². The molecule has 0 saturated carbocycles. The summed E-state index contributed by atoms with van der Waals surface area (Å²) in [5.41, 5.74) is 3.06. The monoisotopic (exact) mass is 365 g/mol. The van der Waals surface area contributed by atoms with Crippen molar-refractivity contribution in [2.24, 2.45) is 0 Å². The Balaban J connectivity index is 1.71. The van der Waals surface area contributed by atoms with Gasteiger partial charge in [0.2, 0.25) is 17.7 Å². The van der Waals surface area contributed by atoms with Gasteiger partial charge in [0.05, 0.1) is 12.8 Å². The second-order valence-electron chi connectivity index (χ2n) is 6.27. The van der Waals surface area contributed by atoms with E-state index >= 15 is 0 Å². The normalized spacial score (nSPS) is 15.7. The average Bonchev–Trinajstić information content (AvgIpc) is 3.09. The van der Waals surface area contributed by atoms with Gasteiger partial charge in [-0.05, 0) is 24.1 Å². The molecule has 27 heavy (non-hydrogen) atoms. The maximum Gasteiger partial charge on any atom is 0.224 e. The number of aromatic nitrogens is 3. The van der Waals surface area contributed by atoms with Crippen LogP contribution in [0.15, 0.2) is 42.7 Å². The molecule has 2 aromatic heterocycles. The third kappa shape index (κ3) is 3.89. The molecule has 3 aromatic rings. The van der Waals surface area contributed by atoms with Gasteiger partial charge >= 0.3 is 0 Å². The summed E-state index contributed by atoms with van der Waals surface area (Å²) in [7, 11) is 0. The molecular formula is C19H19N5O3. The Morgan fingerprint density at radius 3 is 2.93 bits per heavy atom. The summed E-state index contributed by atoms with van der Waals surface area (Å²) < 4.78 is 7.38. The molecule has 1 aromatic carbocycles. The summed E-state index contributed by atoms with van der Waals surface area (Å²) in [6.45, 7) is 0.921. The molecule has 0 atom stereocenters. The Kier molecular flexibility index (Phi) is 4.69. The van der Waals surface area contributed by atoms with Crippen molar-refractivity contribution in [2.45, 2.75) is 19.3 Å². The first-order chi connectivity index (χ1) is 13.2. The number of amides is 2. The van der Waals surface area contributed by atoms with E-state index in [1.807, 2.05) is 24.3 Å². The number of nitrogens with one attached hydrogen (secondary N) is 2. The van der Waals surface area contributed by atoms with E-state index in [0.717, 1.165) is 11.1 Å². The minimum atomic E-state index is -0.199. The van der Waals surface area contributed by atoms with Crippen molar-refractivity contribution in [1.82, 2.24) is 19.9 Å². The minimum absolute atomic E-state index is 0.132. The number of rotatable bonds is 0. The fraction of sp³-hybridized carbons (Fsp3) is 0.263. The van der Waals surface area contributed by atoms with E-state index < -0.39 is 0 Å². The van der Waals surface area contributed by atoms with Gasteiger partial charge in [0.15, 0.2) is 5.65 Å². The summed E-state index contributed by atoms with van der Waals surface area (Å²) in [6.07, 6.45) is 4.47. The number of anilines is 1. The van der Waals surface area contributed by atoms with Gasteiger partial charge in [-0.3, -0.25) is 9.59 Å². The van der Waals surface area contributed by atoms with Gasteiger partial charge in [-0.2, -0.15) is 10.1 Å². The molecule has 2 N–H and O–H groups in total. The lowest BCUT2D eigenvalue weighted by Gasteiger charge is -2.07. The Morgan fingerprint density at radius 2 is 2.00 bits per heavy atom. The maximum absolute atomic E-state index is 12.1. The van der Waals surface area contributed by atoms with Gasteiger partial charge < -0.3 is 15.4 Å². The van der Waals surface area contributed by atoms with E-state index in [9.17, 15) is 9.59 Å². The summed E-state index contributed by atoms with van der Waals surface area (Å²) in [4.78, 5) is 28.5. The van der Waals surface area contributed by atoms with Crippen LogP contribution in [0.4, 0.5) is 5.69 Å². The van der Waals surface area contributed by atoms with Crippen molar-refractivity contribution in [3.05, 3.63) is 42.7 Å². The molecule has 1 aliphatic heterocycles. The first-order valence-corrected chi connectivity index (χ1v) is 8.83. The standard InChI is InChI=1S/C19H19N5O3/c25-16-5-6-17(26)22-14-4-1-3-13(11-14)15-12-21-24-9-7-18(23-19(15)24)27-10-2-8-20-16/h1,3-4,7,9,11-12H,2,5-6,8,10H2,(H,20,25)(H,22,26). The number of carbonyl (C=O) groups is 2. The molecule has 0 radical (unpaired) electrons. The Morgan fingerprint density at radius 1 is 1.11 bits per heavy atom.